The van der Waals surface area contributed by atoms with Crippen LogP contribution in [0.3, 0.4) is 0 Å². The van der Waals surface area contributed by atoms with Crippen molar-refractivity contribution < 1.29 is 24.1 Å². The van der Waals surface area contributed by atoms with Gasteiger partial charge in [-0.15, -0.1) is 0 Å². The molecule has 0 fully saturated rings. The van der Waals surface area contributed by atoms with Crippen molar-refractivity contribution >= 4 is 60.0 Å². The molecular weight excluding hydrogens is 666 g/mol. The van der Waals surface area contributed by atoms with Crippen LogP contribution in [0.25, 0.3) is 21.9 Å². The van der Waals surface area contributed by atoms with Gasteiger partial charge >= 0.3 is 5.97 Å². The lowest BCUT2D eigenvalue weighted by atomic mass is 9.78. The molecule has 45 heavy (non-hydrogen) atoms. The molecule has 0 saturated carbocycles. The average molecular weight is 715 g/mol. The molecule has 0 saturated heterocycles. The van der Waals surface area contributed by atoms with Crippen molar-refractivity contribution in [1.82, 2.24) is 14.1 Å². The lowest BCUT2D eigenvalue weighted by Gasteiger charge is -2.30. The fraction of sp³-hybridized carbons (Fsp3) is 0.471. The summed E-state index contributed by atoms with van der Waals surface area (Å²) in [7, 11) is -0.860. The molecule has 0 aliphatic carbocycles. The molecule has 4 rings (SSSR count). The third-order valence-corrected chi connectivity index (χ3v) is 12.0. The highest BCUT2D eigenvalue weighted by Gasteiger charge is 2.38. The number of aliphatic carboxylic acids is 1. The Hall–Kier alpha value is -2.71. The van der Waals surface area contributed by atoms with E-state index in [0.717, 1.165) is 49.6 Å². The number of hydrogen-bond donors (Lipinski definition) is 1. The van der Waals surface area contributed by atoms with Gasteiger partial charge in [0.05, 0.1) is 29.1 Å². The smallest absolute Gasteiger partial charge is 0.328 e. The second kappa shape index (κ2) is 14.0. The van der Waals surface area contributed by atoms with Gasteiger partial charge in [0.25, 0.3) is 0 Å². The highest BCUT2D eigenvalue weighted by Crippen LogP contribution is 2.45. The summed E-state index contributed by atoms with van der Waals surface area (Å²) in [4.78, 5) is 17.2. The van der Waals surface area contributed by atoms with E-state index in [2.05, 4.69) is 77.3 Å². The van der Waals surface area contributed by atoms with Gasteiger partial charge in [-0.05, 0) is 61.8 Å². The molecule has 2 aromatic carbocycles. The number of carbonyl (C=O) groups is 1. The molecule has 4 aromatic rings. The Bertz CT molecular complexity index is 1700. The van der Waals surface area contributed by atoms with E-state index in [-0.39, 0.29) is 6.73 Å². The van der Waals surface area contributed by atoms with Crippen LogP contribution >= 0.6 is 15.9 Å². The van der Waals surface area contributed by atoms with E-state index in [1.54, 1.807) is 13.2 Å². The Labute approximate surface area is 277 Å². The molecule has 11 heteroatoms. The standard InChI is InChI=1S/C34H48BrN3O5Si2/c1-24-20-29(41-3)31(26-13-15-37(32(24)26)22-42-16-18-44(4,5)6)34(2,14-12-30(39)40)33-36-27-21-25(35)10-11-28(27)38(33)23-43-17-19-45(7,8)9/h10-15,20-21H,16-19,22-23H2,1-9H3,(H,39,40). The van der Waals surface area contributed by atoms with Crippen molar-refractivity contribution in [3.8, 4) is 5.75 Å². The van der Waals surface area contributed by atoms with Crippen molar-refractivity contribution in [2.75, 3.05) is 20.3 Å². The molecule has 0 aliphatic rings. The second-order valence-corrected chi connectivity index (χ2v) is 26.5. The van der Waals surface area contributed by atoms with Gasteiger partial charge < -0.3 is 28.5 Å². The number of hydrogen-bond acceptors (Lipinski definition) is 5. The van der Waals surface area contributed by atoms with Crippen molar-refractivity contribution in [2.24, 2.45) is 0 Å². The maximum Gasteiger partial charge on any atom is 0.328 e. The zero-order valence-electron chi connectivity index (χ0n) is 28.2. The molecule has 1 atom stereocenters. The van der Waals surface area contributed by atoms with E-state index in [1.165, 1.54) is 6.08 Å². The van der Waals surface area contributed by atoms with Crippen LogP contribution in [0.15, 0.2) is 53.2 Å². The number of fused-ring (bicyclic) bond motifs is 2. The van der Waals surface area contributed by atoms with E-state index >= 15 is 0 Å². The Morgan fingerprint density at radius 1 is 1.02 bits per heavy atom. The van der Waals surface area contributed by atoms with Gasteiger partial charge in [-0.25, -0.2) is 9.78 Å². The number of benzene rings is 2. The number of aromatic nitrogens is 3. The van der Waals surface area contributed by atoms with Gasteiger partial charge in [0.2, 0.25) is 0 Å². The van der Waals surface area contributed by atoms with Crippen LogP contribution in [0, 0.1) is 6.92 Å². The number of imidazole rings is 1. The van der Waals surface area contributed by atoms with Gasteiger partial charge in [-0.2, -0.15) is 0 Å². The van der Waals surface area contributed by atoms with Crippen LogP contribution in [-0.4, -0.2) is 61.7 Å². The number of ether oxygens (including phenoxy) is 3. The minimum atomic E-state index is -1.30. The second-order valence-electron chi connectivity index (χ2n) is 14.4. The highest BCUT2D eigenvalue weighted by molar-refractivity contribution is 9.10. The lowest BCUT2D eigenvalue weighted by molar-refractivity contribution is -0.131. The molecule has 0 radical (unpaired) electrons. The van der Waals surface area contributed by atoms with E-state index < -0.39 is 27.5 Å². The topological polar surface area (TPSA) is 87.7 Å². The number of nitrogens with zero attached hydrogens (tertiary/aromatic N) is 3. The number of allylic oxidation sites excluding steroid dienone is 1. The van der Waals surface area contributed by atoms with E-state index in [1.807, 2.05) is 37.4 Å². The van der Waals surface area contributed by atoms with Crippen LogP contribution in [0.1, 0.15) is 23.9 Å². The van der Waals surface area contributed by atoms with Crippen LogP contribution in [0.2, 0.25) is 51.4 Å². The SMILES string of the molecule is COc1cc(C)c2c(ccn2COCC[Si](C)(C)C)c1C(C)(C=CC(=O)O)c1nc2cc(Br)ccc2n1COCC[Si](C)(C)C. The summed E-state index contributed by atoms with van der Waals surface area (Å²) in [5, 5.41) is 10.8. The van der Waals surface area contributed by atoms with Crippen molar-refractivity contribution in [2.45, 2.75) is 84.1 Å². The minimum absolute atomic E-state index is 0.289. The molecule has 2 heterocycles. The van der Waals surface area contributed by atoms with E-state index in [9.17, 15) is 9.90 Å². The summed E-state index contributed by atoms with van der Waals surface area (Å²) >= 11 is 3.60. The Balaban J connectivity index is 1.91. The first-order chi connectivity index (χ1) is 21.0. The zero-order chi connectivity index (χ0) is 33.2. The van der Waals surface area contributed by atoms with E-state index in [4.69, 9.17) is 19.2 Å². The summed E-state index contributed by atoms with van der Waals surface area (Å²) in [6.45, 7) is 20.2. The fourth-order valence-electron chi connectivity index (χ4n) is 5.60. The minimum Gasteiger partial charge on any atom is -0.496 e. The predicted molar refractivity (Wildman–Crippen MR) is 192 cm³/mol. The molecule has 8 nitrogen and oxygen atoms in total. The Morgan fingerprint density at radius 2 is 1.67 bits per heavy atom. The normalized spacial score (nSPS) is 14.1. The summed E-state index contributed by atoms with van der Waals surface area (Å²) in [5.74, 6) is 0.298. The summed E-state index contributed by atoms with van der Waals surface area (Å²) in [6.07, 6.45) is 4.96. The van der Waals surface area contributed by atoms with Crippen molar-refractivity contribution in [3.63, 3.8) is 0 Å². The molecule has 244 valence electrons. The summed E-state index contributed by atoms with van der Waals surface area (Å²) < 4.78 is 23.6. The van der Waals surface area contributed by atoms with Gasteiger partial charge in [-0.1, -0.05) is 61.3 Å². The lowest BCUT2D eigenvalue weighted by Crippen LogP contribution is -2.28. The monoisotopic (exact) mass is 713 g/mol. The van der Waals surface area contributed by atoms with Crippen molar-refractivity contribution in [3.05, 3.63) is 70.1 Å². The fourth-order valence-corrected chi connectivity index (χ4v) is 7.46. The molecule has 0 bridgehead atoms. The quantitative estimate of drug-likeness (QED) is 0.0754. The molecule has 0 spiro atoms. The van der Waals surface area contributed by atoms with Crippen LogP contribution in [0.5, 0.6) is 5.75 Å². The molecule has 0 amide bonds. The van der Waals surface area contributed by atoms with Gasteiger partial charge in [-0.3, -0.25) is 0 Å². The highest BCUT2D eigenvalue weighted by atomic mass is 79.9. The molecule has 1 unspecified atom stereocenters. The number of carboxylic acid groups (broad SMARTS) is 1. The van der Waals surface area contributed by atoms with E-state index in [0.29, 0.717) is 31.5 Å². The third-order valence-electron chi connectivity index (χ3n) is 8.12. The molecule has 2 aromatic heterocycles. The van der Waals surface area contributed by atoms with Gasteiger partial charge in [0.15, 0.2) is 0 Å². The zero-order valence-corrected chi connectivity index (χ0v) is 31.7. The number of halogens is 1. The number of rotatable bonds is 15. The molecular formula is C34H48BrN3O5Si2. The maximum absolute atomic E-state index is 12.0. The van der Waals surface area contributed by atoms with Crippen LogP contribution in [-0.2, 0) is 33.1 Å². The molecule has 0 aliphatic heterocycles. The Morgan fingerprint density at radius 3 is 2.27 bits per heavy atom. The number of methoxy groups -OCH3 is 1. The van der Waals surface area contributed by atoms with Crippen molar-refractivity contribution in [1.29, 1.82) is 0 Å². The maximum atomic E-state index is 12.0. The first-order valence-corrected chi connectivity index (χ1v) is 23.7. The number of aryl methyl sites for hydroxylation is 1. The first-order valence-electron chi connectivity index (χ1n) is 15.4. The summed E-state index contributed by atoms with van der Waals surface area (Å²) in [6, 6.07) is 12.2. The Kier molecular flexibility index (Phi) is 10.9. The third kappa shape index (κ3) is 8.37. The average Bonchev–Trinajstić information content (AvgIpc) is 3.53. The van der Waals surface area contributed by atoms with Crippen LogP contribution < -0.4 is 4.74 Å². The number of carboxylic acids is 1. The predicted octanol–water partition coefficient (Wildman–Crippen LogP) is 8.64. The molecule has 1 N–H and O–H groups in total. The van der Waals surface area contributed by atoms with Crippen LogP contribution in [0.4, 0.5) is 0 Å². The summed E-state index contributed by atoms with van der Waals surface area (Å²) in [5.41, 5.74) is 3.59. The first kappa shape index (κ1) is 35.2. The largest absolute Gasteiger partial charge is 0.496 e. The van der Waals surface area contributed by atoms with Gasteiger partial charge in [0.1, 0.15) is 25.0 Å². The van der Waals surface area contributed by atoms with Gasteiger partial charge in [0, 0.05) is 57.1 Å².